The number of rotatable bonds is 8. The normalized spacial score (nSPS) is 13.6. The first-order valence-electron chi connectivity index (χ1n) is 4.83. The summed E-state index contributed by atoms with van der Waals surface area (Å²) in [5, 5.41) is 17.8. The highest BCUT2D eigenvalue weighted by Gasteiger charge is 2.08. The van der Waals surface area contributed by atoms with E-state index >= 15 is 0 Å². The van der Waals surface area contributed by atoms with Gasteiger partial charge in [-0.15, -0.1) is 0 Å². The fraction of sp³-hybridized carbons (Fsp3) is 1.00. The second-order valence-electron chi connectivity index (χ2n) is 2.93. The molecule has 0 saturated heterocycles. The van der Waals surface area contributed by atoms with Crippen molar-refractivity contribution < 1.29 is 14.9 Å². The maximum Gasteiger partial charge on any atom is 0.0897 e. The molecular formula is C9H21NO3. The van der Waals surface area contributed by atoms with Crippen LogP contribution in [0, 0.1) is 0 Å². The first-order chi connectivity index (χ1) is 6.24. The third kappa shape index (κ3) is 6.95. The second-order valence-corrected chi connectivity index (χ2v) is 2.93. The fourth-order valence-electron chi connectivity index (χ4n) is 1.07. The van der Waals surface area contributed by atoms with Crippen LogP contribution < -0.4 is 0 Å². The lowest BCUT2D eigenvalue weighted by atomic mass is 10.3. The zero-order valence-electron chi connectivity index (χ0n) is 8.57. The average molecular weight is 191 g/mol. The highest BCUT2D eigenvalue weighted by Crippen LogP contribution is 1.92. The van der Waals surface area contributed by atoms with Crippen molar-refractivity contribution in [3.63, 3.8) is 0 Å². The van der Waals surface area contributed by atoms with Gasteiger partial charge in [-0.05, 0) is 13.5 Å². The minimum atomic E-state index is -0.637. The third-order valence-electron chi connectivity index (χ3n) is 1.88. The van der Waals surface area contributed by atoms with E-state index in [1.807, 2.05) is 13.8 Å². The van der Waals surface area contributed by atoms with Crippen molar-refractivity contribution in [2.75, 3.05) is 39.5 Å². The van der Waals surface area contributed by atoms with Gasteiger partial charge >= 0.3 is 0 Å². The Morgan fingerprint density at radius 2 is 2.08 bits per heavy atom. The number of ether oxygens (including phenoxy) is 1. The van der Waals surface area contributed by atoms with Crippen LogP contribution in [0.15, 0.2) is 0 Å². The molecule has 1 unspecified atom stereocenters. The van der Waals surface area contributed by atoms with E-state index in [9.17, 15) is 5.11 Å². The molecule has 13 heavy (non-hydrogen) atoms. The Bertz CT molecular complexity index is 111. The van der Waals surface area contributed by atoms with E-state index in [2.05, 4.69) is 4.90 Å². The number of hydrogen-bond donors (Lipinski definition) is 2. The minimum Gasteiger partial charge on any atom is -0.394 e. The van der Waals surface area contributed by atoms with E-state index in [1.54, 1.807) is 0 Å². The summed E-state index contributed by atoms with van der Waals surface area (Å²) in [6.45, 7) is 7.40. The molecule has 0 rings (SSSR count). The van der Waals surface area contributed by atoms with Crippen molar-refractivity contribution in [2.24, 2.45) is 0 Å². The molecule has 4 nitrogen and oxygen atoms in total. The van der Waals surface area contributed by atoms with Crippen molar-refractivity contribution in [1.29, 1.82) is 0 Å². The lowest BCUT2D eigenvalue weighted by molar-refractivity contribution is 0.0470. The van der Waals surface area contributed by atoms with Gasteiger partial charge in [0.25, 0.3) is 0 Å². The molecule has 0 aromatic rings. The molecule has 4 heteroatoms. The van der Waals surface area contributed by atoms with E-state index in [0.29, 0.717) is 13.2 Å². The molecule has 0 aliphatic carbocycles. The van der Waals surface area contributed by atoms with Crippen molar-refractivity contribution in [1.82, 2.24) is 4.90 Å². The van der Waals surface area contributed by atoms with Crippen LogP contribution in [-0.4, -0.2) is 60.7 Å². The Morgan fingerprint density at radius 3 is 2.54 bits per heavy atom. The van der Waals surface area contributed by atoms with E-state index in [1.165, 1.54) is 0 Å². The molecule has 0 fully saturated rings. The maximum atomic E-state index is 9.18. The van der Waals surface area contributed by atoms with Gasteiger partial charge in [-0.25, -0.2) is 0 Å². The van der Waals surface area contributed by atoms with Gasteiger partial charge < -0.3 is 14.9 Å². The van der Waals surface area contributed by atoms with Crippen LogP contribution in [0.25, 0.3) is 0 Å². The second kappa shape index (κ2) is 8.44. The van der Waals surface area contributed by atoms with E-state index < -0.39 is 6.10 Å². The Morgan fingerprint density at radius 1 is 1.38 bits per heavy atom. The van der Waals surface area contributed by atoms with Crippen LogP contribution in [0.5, 0.6) is 0 Å². The van der Waals surface area contributed by atoms with E-state index in [0.717, 1.165) is 19.7 Å². The number of aliphatic hydroxyl groups is 2. The van der Waals surface area contributed by atoms with Gasteiger partial charge in [0.05, 0.1) is 19.3 Å². The van der Waals surface area contributed by atoms with Gasteiger partial charge in [-0.2, -0.15) is 0 Å². The minimum absolute atomic E-state index is 0.175. The zero-order chi connectivity index (χ0) is 10.1. The summed E-state index contributed by atoms with van der Waals surface area (Å²) in [4.78, 5) is 2.05. The standard InChI is InChI=1S/C9H21NO3/c1-3-10(5-6-13-4-2)7-9(12)8-11/h9,11-12H,3-8H2,1-2H3. The molecule has 0 radical (unpaired) electrons. The number of aliphatic hydroxyl groups excluding tert-OH is 2. The van der Waals surface area contributed by atoms with Crippen molar-refractivity contribution >= 4 is 0 Å². The first kappa shape index (κ1) is 12.8. The smallest absolute Gasteiger partial charge is 0.0897 e. The molecule has 0 aliphatic rings. The molecule has 0 aromatic heterocycles. The molecule has 80 valence electrons. The summed E-state index contributed by atoms with van der Waals surface area (Å²) < 4.78 is 5.20. The molecule has 0 aliphatic heterocycles. The molecule has 0 aromatic carbocycles. The summed E-state index contributed by atoms with van der Waals surface area (Å²) in [6.07, 6.45) is -0.637. The van der Waals surface area contributed by atoms with Crippen molar-refractivity contribution in [3.8, 4) is 0 Å². The van der Waals surface area contributed by atoms with Gasteiger partial charge in [-0.3, -0.25) is 4.90 Å². The summed E-state index contributed by atoms with van der Waals surface area (Å²) in [5.41, 5.74) is 0. The monoisotopic (exact) mass is 191 g/mol. The Labute approximate surface area is 80.1 Å². The first-order valence-corrected chi connectivity index (χ1v) is 4.83. The fourth-order valence-corrected chi connectivity index (χ4v) is 1.07. The van der Waals surface area contributed by atoms with E-state index in [4.69, 9.17) is 9.84 Å². The maximum absolute atomic E-state index is 9.18. The summed E-state index contributed by atoms with van der Waals surface area (Å²) in [7, 11) is 0. The predicted molar refractivity (Wildman–Crippen MR) is 51.7 cm³/mol. The van der Waals surface area contributed by atoms with Crippen molar-refractivity contribution in [3.05, 3.63) is 0 Å². The van der Waals surface area contributed by atoms with Crippen molar-refractivity contribution in [2.45, 2.75) is 20.0 Å². The van der Waals surface area contributed by atoms with Gasteiger partial charge in [0.1, 0.15) is 0 Å². The van der Waals surface area contributed by atoms with Gasteiger partial charge in [0, 0.05) is 19.7 Å². The molecule has 0 saturated carbocycles. The van der Waals surface area contributed by atoms with Gasteiger partial charge in [0.2, 0.25) is 0 Å². The summed E-state index contributed by atoms with van der Waals surface area (Å²) in [5.74, 6) is 0. The summed E-state index contributed by atoms with van der Waals surface area (Å²) in [6, 6.07) is 0. The molecule has 2 N–H and O–H groups in total. The number of hydrogen-bond acceptors (Lipinski definition) is 4. The highest BCUT2D eigenvalue weighted by molar-refractivity contribution is 4.61. The number of nitrogens with zero attached hydrogens (tertiary/aromatic N) is 1. The lowest BCUT2D eigenvalue weighted by Crippen LogP contribution is -2.36. The van der Waals surface area contributed by atoms with Crippen LogP contribution in [-0.2, 0) is 4.74 Å². The molecular weight excluding hydrogens is 170 g/mol. The summed E-state index contributed by atoms with van der Waals surface area (Å²) >= 11 is 0. The molecule has 0 heterocycles. The average Bonchev–Trinajstić information content (AvgIpc) is 2.16. The predicted octanol–water partition coefficient (Wildman–Crippen LogP) is -0.302. The van der Waals surface area contributed by atoms with Gasteiger partial charge in [-0.1, -0.05) is 6.92 Å². The third-order valence-corrected chi connectivity index (χ3v) is 1.88. The molecule has 0 spiro atoms. The highest BCUT2D eigenvalue weighted by atomic mass is 16.5. The van der Waals surface area contributed by atoms with E-state index in [-0.39, 0.29) is 6.61 Å². The molecule has 1 atom stereocenters. The van der Waals surface area contributed by atoms with Crippen LogP contribution in [0.3, 0.4) is 0 Å². The molecule has 0 bridgehead atoms. The molecule has 0 amide bonds. The Hall–Kier alpha value is -0.160. The number of likely N-dealkylation sites (N-methyl/N-ethyl adjacent to an activating group) is 1. The zero-order valence-corrected chi connectivity index (χ0v) is 8.57. The Balaban J connectivity index is 3.50. The van der Waals surface area contributed by atoms with Crippen LogP contribution >= 0.6 is 0 Å². The Kier molecular flexibility index (Phi) is 8.33. The SMILES string of the molecule is CCOCCN(CC)CC(O)CO. The lowest BCUT2D eigenvalue weighted by Gasteiger charge is -2.22. The van der Waals surface area contributed by atoms with Gasteiger partial charge in [0.15, 0.2) is 0 Å². The van der Waals surface area contributed by atoms with Crippen LogP contribution in [0.2, 0.25) is 0 Å². The quantitative estimate of drug-likeness (QED) is 0.517. The topological polar surface area (TPSA) is 52.9 Å². The van der Waals surface area contributed by atoms with Crippen LogP contribution in [0.4, 0.5) is 0 Å². The van der Waals surface area contributed by atoms with Crippen LogP contribution in [0.1, 0.15) is 13.8 Å². The largest absolute Gasteiger partial charge is 0.394 e.